The zero-order valence-electron chi connectivity index (χ0n) is 9.44. The number of hydrogen-bond acceptors (Lipinski definition) is 4. The van der Waals surface area contributed by atoms with E-state index in [1.165, 1.54) is 36.8 Å². The lowest BCUT2D eigenvalue weighted by atomic mass is 10.1. The molecule has 0 saturated heterocycles. The Balaban J connectivity index is 2.18. The third-order valence-electron chi connectivity index (χ3n) is 2.30. The number of rotatable bonds is 3. The number of carbonyl (C=O) groups is 1. The summed E-state index contributed by atoms with van der Waals surface area (Å²) in [5.74, 6) is -0.790. The van der Waals surface area contributed by atoms with Gasteiger partial charge in [-0.05, 0) is 17.7 Å². The molecule has 1 aromatic heterocycles. The molecule has 0 aliphatic rings. The maximum atomic E-state index is 12.9. The maximum absolute atomic E-state index is 12.9. The maximum Gasteiger partial charge on any atom is 0.349 e. The SMILES string of the molecule is COC(=O)c1cnc(Cc2ccc(F)cc2Cl)s1. The molecule has 2 aromatic rings. The topological polar surface area (TPSA) is 39.2 Å². The van der Waals surface area contributed by atoms with Crippen LogP contribution in [0.2, 0.25) is 5.02 Å². The number of ether oxygens (including phenoxy) is 1. The normalized spacial score (nSPS) is 10.4. The van der Waals surface area contributed by atoms with Gasteiger partial charge in [0.05, 0.1) is 18.3 Å². The molecule has 6 heteroatoms. The van der Waals surface area contributed by atoms with E-state index in [2.05, 4.69) is 9.72 Å². The van der Waals surface area contributed by atoms with Gasteiger partial charge in [-0.3, -0.25) is 0 Å². The Morgan fingerprint density at radius 3 is 3.00 bits per heavy atom. The molecule has 0 bridgehead atoms. The molecule has 94 valence electrons. The summed E-state index contributed by atoms with van der Waals surface area (Å²) in [4.78, 5) is 15.8. The van der Waals surface area contributed by atoms with E-state index >= 15 is 0 Å². The molecule has 18 heavy (non-hydrogen) atoms. The summed E-state index contributed by atoms with van der Waals surface area (Å²) in [7, 11) is 1.32. The second-order valence-corrected chi connectivity index (χ2v) is 5.04. The molecule has 1 heterocycles. The van der Waals surface area contributed by atoms with Gasteiger partial charge in [-0.1, -0.05) is 17.7 Å². The molecule has 0 aliphatic heterocycles. The standard InChI is InChI=1S/C12H9ClFNO2S/c1-17-12(16)10-6-15-11(18-10)4-7-2-3-8(14)5-9(7)13/h2-3,5-6H,4H2,1H3. The first kappa shape index (κ1) is 13.0. The quantitative estimate of drug-likeness (QED) is 0.812. The van der Waals surface area contributed by atoms with Crippen LogP contribution in [0.4, 0.5) is 4.39 Å². The van der Waals surface area contributed by atoms with Gasteiger partial charge in [0.25, 0.3) is 0 Å². The Morgan fingerprint density at radius 1 is 1.56 bits per heavy atom. The smallest absolute Gasteiger partial charge is 0.349 e. The van der Waals surface area contributed by atoms with Crippen LogP contribution >= 0.6 is 22.9 Å². The first-order valence-corrected chi connectivity index (χ1v) is 6.26. The van der Waals surface area contributed by atoms with E-state index < -0.39 is 5.97 Å². The molecule has 0 saturated carbocycles. The number of esters is 1. The fourth-order valence-corrected chi connectivity index (χ4v) is 2.51. The predicted molar refractivity (Wildman–Crippen MR) is 67.7 cm³/mol. The minimum Gasteiger partial charge on any atom is -0.465 e. The molecular weight excluding hydrogens is 277 g/mol. The molecule has 0 fully saturated rings. The molecule has 0 unspecified atom stereocenters. The highest BCUT2D eigenvalue weighted by molar-refractivity contribution is 7.13. The summed E-state index contributed by atoms with van der Waals surface area (Å²) < 4.78 is 17.5. The number of thiazole rings is 1. The predicted octanol–water partition coefficient (Wildman–Crippen LogP) is 3.31. The Hall–Kier alpha value is -1.46. The average molecular weight is 286 g/mol. The summed E-state index contributed by atoms with van der Waals surface area (Å²) in [5, 5.41) is 1.08. The van der Waals surface area contributed by atoms with Crippen molar-refractivity contribution in [3.63, 3.8) is 0 Å². The minimum atomic E-state index is -0.413. The van der Waals surface area contributed by atoms with E-state index in [1.807, 2.05) is 0 Å². The molecule has 1 aromatic carbocycles. The van der Waals surface area contributed by atoms with Crippen LogP contribution in [0, 0.1) is 5.82 Å². The van der Waals surface area contributed by atoms with Crippen molar-refractivity contribution in [1.29, 1.82) is 0 Å². The molecule has 0 aliphatic carbocycles. The molecule has 0 amide bonds. The molecular formula is C12H9ClFNO2S. The van der Waals surface area contributed by atoms with Crippen molar-refractivity contribution in [2.24, 2.45) is 0 Å². The summed E-state index contributed by atoms with van der Waals surface area (Å²) in [6.45, 7) is 0. The van der Waals surface area contributed by atoms with Crippen LogP contribution in [0.3, 0.4) is 0 Å². The number of halogens is 2. The first-order valence-electron chi connectivity index (χ1n) is 5.07. The van der Waals surface area contributed by atoms with Gasteiger partial charge >= 0.3 is 5.97 Å². The van der Waals surface area contributed by atoms with E-state index in [-0.39, 0.29) is 5.82 Å². The van der Waals surface area contributed by atoms with E-state index in [0.717, 1.165) is 10.6 Å². The van der Waals surface area contributed by atoms with Crippen molar-refractivity contribution in [3.8, 4) is 0 Å². The van der Waals surface area contributed by atoms with Crippen LogP contribution in [0.15, 0.2) is 24.4 Å². The lowest BCUT2D eigenvalue weighted by molar-refractivity contribution is 0.0606. The van der Waals surface area contributed by atoms with Crippen LogP contribution in [0.25, 0.3) is 0 Å². The van der Waals surface area contributed by atoms with Gasteiger partial charge < -0.3 is 4.74 Å². The van der Waals surface area contributed by atoms with Gasteiger partial charge in [-0.25, -0.2) is 14.2 Å². The van der Waals surface area contributed by atoms with Crippen molar-refractivity contribution < 1.29 is 13.9 Å². The summed E-state index contributed by atoms with van der Waals surface area (Å²) in [5.41, 5.74) is 0.767. The van der Waals surface area contributed by atoms with Gasteiger partial charge in [0.15, 0.2) is 0 Å². The van der Waals surface area contributed by atoms with E-state index in [9.17, 15) is 9.18 Å². The Labute approximate surface area is 112 Å². The van der Waals surface area contributed by atoms with Crippen LogP contribution in [0.1, 0.15) is 20.2 Å². The number of methoxy groups -OCH3 is 1. The number of hydrogen-bond donors (Lipinski definition) is 0. The van der Waals surface area contributed by atoms with Crippen molar-refractivity contribution in [3.05, 3.63) is 50.7 Å². The number of carbonyl (C=O) groups excluding carboxylic acids is 1. The van der Waals surface area contributed by atoms with Crippen molar-refractivity contribution in [1.82, 2.24) is 4.98 Å². The fraction of sp³-hybridized carbons (Fsp3) is 0.167. The minimum absolute atomic E-state index is 0.352. The molecule has 0 radical (unpaired) electrons. The number of nitrogens with zero attached hydrogens (tertiary/aromatic N) is 1. The van der Waals surface area contributed by atoms with Gasteiger partial charge in [0.2, 0.25) is 0 Å². The number of benzene rings is 1. The Kier molecular flexibility index (Phi) is 3.93. The van der Waals surface area contributed by atoms with Gasteiger partial charge in [0, 0.05) is 11.4 Å². The highest BCUT2D eigenvalue weighted by Crippen LogP contribution is 2.23. The van der Waals surface area contributed by atoms with Crippen LogP contribution < -0.4 is 0 Å². The lowest BCUT2D eigenvalue weighted by Crippen LogP contribution is -1.96. The summed E-state index contributed by atoms with van der Waals surface area (Å²) >= 11 is 7.16. The largest absolute Gasteiger partial charge is 0.465 e. The molecule has 0 spiro atoms. The van der Waals surface area contributed by atoms with Crippen LogP contribution in [-0.2, 0) is 11.2 Å². The van der Waals surface area contributed by atoms with Gasteiger partial charge in [-0.15, -0.1) is 11.3 Å². The van der Waals surface area contributed by atoms with E-state index in [0.29, 0.717) is 16.3 Å². The Morgan fingerprint density at radius 2 is 2.33 bits per heavy atom. The van der Waals surface area contributed by atoms with Crippen molar-refractivity contribution in [2.45, 2.75) is 6.42 Å². The molecule has 2 rings (SSSR count). The summed E-state index contributed by atoms with van der Waals surface area (Å²) in [6, 6.07) is 4.21. The molecule has 0 atom stereocenters. The zero-order chi connectivity index (χ0) is 13.1. The average Bonchev–Trinajstić information content (AvgIpc) is 2.80. The first-order chi connectivity index (χ1) is 8.60. The fourth-order valence-electron chi connectivity index (χ4n) is 1.41. The third-order valence-corrected chi connectivity index (χ3v) is 3.63. The zero-order valence-corrected chi connectivity index (χ0v) is 11.0. The summed E-state index contributed by atoms with van der Waals surface area (Å²) in [6.07, 6.45) is 1.92. The van der Waals surface area contributed by atoms with E-state index in [1.54, 1.807) is 6.07 Å². The van der Waals surface area contributed by atoms with Crippen molar-refractivity contribution >= 4 is 28.9 Å². The lowest BCUT2D eigenvalue weighted by Gasteiger charge is -2.01. The van der Waals surface area contributed by atoms with E-state index in [4.69, 9.17) is 11.6 Å². The van der Waals surface area contributed by atoms with Gasteiger partial charge in [0.1, 0.15) is 10.7 Å². The second kappa shape index (κ2) is 5.46. The second-order valence-electron chi connectivity index (χ2n) is 3.52. The molecule has 0 N–H and O–H groups in total. The molecule has 3 nitrogen and oxygen atoms in total. The Bertz CT molecular complexity index is 585. The van der Waals surface area contributed by atoms with Gasteiger partial charge in [-0.2, -0.15) is 0 Å². The number of aromatic nitrogens is 1. The highest BCUT2D eigenvalue weighted by Gasteiger charge is 2.12. The van der Waals surface area contributed by atoms with Crippen LogP contribution in [-0.4, -0.2) is 18.1 Å². The highest BCUT2D eigenvalue weighted by atomic mass is 35.5. The van der Waals surface area contributed by atoms with Crippen molar-refractivity contribution in [2.75, 3.05) is 7.11 Å². The van der Waals surface area contributed by atoms with Crippen LogP contribution in [0.5, 0.6) is 0 Å². The third kappa shape index (κ3) is 2.86. The monoisotopic (exact) mass is 285 g/mol.